The summed E-state index contributed by atoms with van der Waals surface area (Å²) in [5, 5.41) is 20.2. The van der Waals surface area contributed by atoms with Crippen LogP contribution in [0.15, 0.2) is 147 Å². The van der Waals surface area contributed by atoms with E-state index < -0.39 is 20.1 Å². The van der Waals surface area contributed by atoms with Crippen molar-refractivity contribution in [1.29, 1.82) is 0 Å². The molecule has 2 amide bonds. The highest BCUT2D eigenvalue weighted by Crippen LogP contribution is 2.32. The van der Waals surface area contributed by atoms with E-state index in [1.807, 2.05) is 32.0 Å². The van der Waals surface area contributed by atoms with Gasteiger partial charge in [-0.2, -0.15) is 0 Å². The quantitative estimate of drug-likeness (QED) is 0.0989. The van der Waals surface area contributed by atoms with Crippen molar-refractivity contribution in [2.24, 2.45) is 10.2 Å². The van der Waals surface area contributed by atoms with Crippen LogP contribution in [0.5, 0.6) is 11.5 Å². The van der Waals surface area contributed by atoms with Gasteiger partial charge in [-0.25, -0.2) is 9.59 Å². The van der Waals surface area contributed by atoms with Crippen LogP contribution in [-0.2, 0) is 9.47 Å². The molecule has 5 aromatic carbocycles. The Morgan fingerprint density at radius 2 is 0.983 bits per heavy atom. The first-order valence-corrected chi connectivity index (χ1v) is 21.2. The number of hydrogen-bond donors (Lipinski definition) is 1. The fourth-order valence-electron chi connectivity index (χ4n) is 3.87. The van der Waals surface area contributed by atoms with Crippen molar-refractivity contribution < 1.29 is 28.9 Å². The van der Waals surface area contributed by atoms with Gasteiger partial charge in [0.05, 0.1) is 34.7 Å². The van der Waals surface area contributed by atoms with Crippen LogP contribution in [-0.4, -0.2) is 41.9 Å². The van der Waals surface area contributed by atoms with Crippen LogP contribution in [0.4, 0.5) is 9.59 Å². The number of phenolic OH excluding ortho intramolecular Hbond substituents is 1. The molecule has 0 aliphatic rings. The molecule has 0 bridgehead atoms. The van der Waals surface area contributed by atoms with Gasteiger partial charge < -0.3 is 19.3 Å². The first-order chi connectivity index (χ1) is 26.4. The van der Waals surface area contributed by atoms with Crippen molar-refractivity contribution in [3.8, 4) is 11.5 Å². The largest absolute Gasteiger partial charge is 0.506 e. The molecule has 15 heteroatoms. The van der Waals surface area contributed by atoms with E-state index in [1.165, 1.54) is 15.9 Å². The third-order valence-corrected chi connectivity index (χ3v) is 10.0. The maximum Gasteiger partial charge on any atom is 0.452 e. The third kappa shape index (κ3) is 26.0. The molecule has 5 aromatic rings. The zero-order valence-corrected chi connectivity index (χ0v) is 37.5. The molecule has 0 saturated carbocycles. The summed E-state index contributed by atoms with van der Waals surface area (Å²) in [7, 11) is -0.446. The van der Waals surface area contributed by atoms with Crippen LogP contribution < -0.4 is 20.7 Å². The van der Waals surface area contributed by atoms with E-state index in [0.29, 0.717) is 10.0 Å². The number of ether oxygens (including phenoxy) is 3. The first kappa shape index (κ1) is 59.1. The van der Waals surface area contributed by atoms with E-state index in [-0.39, 0.29) is 52.7 Å². The number of hydrogen-bond acceptors (Lipinski definition) is 6. The molecule has 0 radical (unpaired) electrons. The molecule has 0 heterocycles. The summed E-state index contributed by atoms with van der Waals surface area (Å²) in [6, 6.07) is 42.8. The normalized spacial score (nSPS) is 9.45. The lowest BCUT2D eigenvalue weighted by molar-refractivity contribution is 0.152. The lowest BCUT2D eigenvalue weighted by Crippen LogP contribution is -2.20. The number of carbonyl (C=O) groups is 2. The van der Waals surface area contributed by atoms with E-state index in [2.05, 4.69) is 143 Å². The molecule has 5 rings (SSSR count). The van der Waals surface area contributed by atoms with Crippen LogP contribution in [0.25, 0.3) is 0 Å². The predicted molar refractivity (Wildman–Crippen MR) is 257 cm³/mol. The van der Waals surface area contributed by atoms with Gasteiger partial charge in [-0.05, 0) is 87.9 Å². The van der Waals surface area contributed by atoms with Gasteiger partial charge in [-0.3, -0.25) is 0 Å². The predicted octanol–water partition coefficient (Wildman–Crippen LogP) is 15.2. The molecule has 0 aliphatic heterocycles. The second-order valence-electron chi connectivity index (χ2n) is 10.4. The molecular weight excluding hydrogens is 973 g/mol. The lowest BCUT2D eigenvalue weighted by Gasteiger charge is -2.18. The minimum Gasteiger partial charge on any atom is -0.506 e. The highest BCUT2D eigenvalue weighted by molar-refractivity contribution is 9.10. The van der Waals surface area contributed by atoms with Gasteiger partial charge >= 0.3 is 12.2 Å². The summed E-state index contributed by atoms with van der Waals surface area (Å²) < 4.78 is 16.0. The highest BCUT2D eigenvalue weighted by atomic mass is 79.9. The van der Waals surface area contributed by atoms with E-state index in [0.717, 1.165) is 14.7 Å². The second kappa shape index (κ2) is 35.7. The monoisotopic (exact) mass is 1020 g/mol. The molecule has 0 spiro atoms. The summed E-state index contributed by atoms with van der Waals surface area (Å²) in [5.74, 6) is 0.826. The summed E-state index contributed by atoms with van der Waals surface area (Å²) in [6.07, 6.45) is -1.65. The van der Waals surface area contributed by atoms with Gasteiger partial charge in [0.25, 0.3) is 0 Å². The minimum absolute atomic E-state index is 0. The van der Waals surface area contributed by atoms with E-state index in [4.69, 9.17) is 56.2 Å². The Balaban J connectivity index is -0.000000692. The first-order valence-electron chi connectivity index (χ1n) is 16.4. The average Bonchev–Trinajstić information content (AvgIpc) is 3.17. The highest BCUT2D eigenvalue weighted by Gasteiger charge is 2.15. The summed E-state index contributed by atoms with van der Waals surface area (Å²) >= 11 is 27.5. The second-order valence-corrected chi connectivity index (χ2v) is 16.1. The number of azo groups is 1. The Morgan fingerprint density at radius 3 is 1.29 bits per heavy atom. The molecule has 1 N–H and O–H groups in total. The molecule has 58 heavy (non-hydrogen) atoms. The Morgan fingerprint density at radius 1 is 0.638 bits per heavy atom. The van der Waals surface area contributed by atoms with Crippen LogP contribution in [0.3, 0.4) is 0 Å². The van der Waals surface area contributed by atoms with Crippen molar-refractivity contribution >= 4 is 114 Å². The number of amides is 2. The number of halogens is 6. The standard InChI is InChI=1S/C18H15P.C9H10BrClO.C6H4BrClO.C6H10N2O4.CH2Cl2.3CH4/c1-4-10-16(11-5-1)19(17-12-6-2-7-13-17)18-14-8-3-9-15-18;1-6(2)12-9-5-7(10)3-4-8(9)11;7-4-1-2-5(8)6(9)3-4;1-3-11-5(9)7-8-6(10)12-4-2;2-1-3;;;/h1-15H;3-6H,1-2H3;1-3,9H;3-4H2,1-2H3;1H2;3*1H4. The van der Waals surface area contributed by atoms with Crippen molar-refractivity contribution in [3.05, 3.63) is 146 Å². The lowest BCUT2D eigenvalue weighted by atomic mass is 10.3. The van der Waals surface area contributed by atoms with Crippen LogP contribution in [0.1, 0.15) is 50.0 Å². The fourth-order valence-corrected chi connectivity index (χ4v) is 7.15. The van der Waals surface area contributed by atoms with E-state index >= 15 is 0 Å². The SMILES string of the molecule is C.C.C.CC(C)Oc1cc(Br)ccc1Cl.CCOC(=O)N=NC(=O)OCC.ClCCl.Oc1cc(Br)ccc1Cl.c1ccc(P(c2ccccc2)c2ccccc2)cc1. The zero-order chi connectivity index (χ0) is 41.0. The van der Waals surface area contributed by atoms with Crippen molar-refractivity contribution in [1.82, 2.24) is 0 Å². The molecule has 0 atom stereocenters. The number of aromatic hydroxyl groups is 1. The van der Waals surface area contributed by atoms with Gasteiger partial charge in [0.15, 0.2) is 0 Å². The summed E-state index contributed by atoms with van der Waals surface area (Å²) in [6.45, 7) is 7.57. The van der Waals surface area contributed by atoms with Gasteiger partial charge in [0.1, 0.15) is 11.5 Å². The summed E-state index contributed by atoms with van der Waals surface area (Å²) in [4.78, 5) is 20.9. The number of alkyl halides is 2. The maximum absolute atomic E-state index is 10.5. The zero-order valence-electron chi connectivity index (χ0n) is 30.4. The molecule has 8 nitrogen and oxygen atoms in total. The van der Waals surface area contributed by atoms with Gasteiger partial charge in [0.2, 0.25) is 0 Å². The number of benzene rings is 5. The minimum atomic E-state index is -0.898. The topological polar surface area (TPSA) is 107 Å². The third-order valence-electron chi connectivity index (χ3n) is 5.96. The number of phenols is 1. The van der Waals surface area contributed by atoms with E-state index in [1.54, 1.807) is 32.0 Å². The number of rotatable bonds is 7. The Hall–Kier alpha value is -3.21. The van der Waals surface area contributed by atoms with Gasteiger partial charge in [0, 0.05) is 8.95 Å². The summed E-state index contributed by atoms with van der Waals surface area (Å²) in [5.41, 5.74) is 0. The van der Waals surface area contributed by atoms with Crippen LogP contribution in [0, 0.1) is 0 Å². The molecule has 0 saturated heterocycles. The molecule has 0 aliphatic carbocycles. The van der Waals surface area contributed by atoms with Crippen LogP contribution >= 0.6 is 86.2 Å². The molecule has 0 unspecified atom stereocenters. The molecular formula is C43H53Br2Cl4N2O6P. The Kier molecular flexibility index (Phi) is 36.4. The maximum atomic E-state index is 10.5. The smallest absolute Gasteiger partial charge is 0.452 e. The van der Waals surface area contributed by atoms with Gasteiger partial charge in [-0.15, -0.1) is 23.2 Å². The fraction of sp³-hybridized carbons (Fsp3) is 0.256. The van der Waals surface area contributed by atoms with Crippen molar-refractivity contribution in [2.75, 3.05) is 18.6 Å². The number of nitrogens with zero attached hydrogens (tertiary/aromatic N) is 2. The molecule has 318 valence electrons. The average molecular weight is 1030 g/mol. The van der Waals surface area contributed by atoms with Crippen molar-refractivity contribution in [3.63, 3.8) is 0 Å². The molecule has 0 fully saturated rings. The van der Waals surface area contributed by atoms with Crippen molar-refractivity contribution in [2.45, 2.75) is 56.1 Å². The van der Waals surface area contributed by atoms with E-state index in [9.17, 15) is 9.59 Å². The number of carbonyl (C=O) groups excluding carboxylic acids is 2. The Bertz CT molecular complexity index is 1740. The van der Waals surface area contributed by atoms with Crippen LogP contribution in [0.2, 0.25) is 10.0 Å². The molecule has 0 aromatic heterocycles. The van der Waals surface area contributed by atoms with Gasteiger partial charge in [-0.1, -0.05) is 179 Å². The Labute approximate surface area is 383 Å².